The van der Waals surface area contributed by atoms with E-state index in [9.17, 15) is 13.2 Å². The van der Waals surface area contributed by atoms with E-state index in [0.717, 1.165) is 17.1 Å². The molecule has 6 heteroatoms. The van der Waals surface area contributed by atoms with Crippen LogP contribution in [0.4, 0.5) is 0 Å². The van der Waals surface area contributed by atoms with Crippen molar-refractivity contribution in [1.82, 2.24) is 5.32 Å². The Balaban J connectivity index is 1.91. The first-order valence-corrected chi connectivity index (χ1v) is 9.74. The van der Waals surface area contributed by atoms with E-state index in [4.69, 9.17) is 4.42 Å². The Kier molecular flexibility index (Phi) is 5.83. The second-order valence-corrected chi connectivity index (χ2v) is 8.48. The minimum Gasteiger partial charge on any atom is -0.461 e. The van der Waals surface area contributed by atoms with E-state index in [1.54, 1.807) is 12.1 Å². The van der Waals surface area contributed by atoms with Crippen molar-refractivity contribution in [3.63, 3.8) is 0 Å². The molecular weight excluding hydrogens is 326 g/mol. The van der Waals surface area contributed by atoms with Crippen molar-refractivity contribution in [3.05, 3.63) is 47.7 Å². The van der Waals surface area contributed by atoms with Crippen molar-refractivity contribution >= 4 is 15.7 Å². The standard InChI is InChI=1S/C18H23NO4S/c1-13(2)12-24(21,22)11-10-19-18(20)16-7-5-15(6-8-16)17-9-4-14(3)23-17/h4-9,13H,10-12H2,1-3H3,(H,19,20). The Morgan fingerprint density at radius 3 is 2.33 bits per heavy atom. The topological polar surface area (TPSA) is 76.4 Å². The highest BCUT2D eigenvalue weighted by molar-refractivity contribution is 7.91. The largest absolute Gasteiger partial charge is 0.461 e. The molecule has 2 rings (SSSR count). The van der Waals surface area contributed by atoms with E-state index < -0.39 is 9.84 Å². The van der Waals surface area contributed by atoms with Crippen LogP contribution in [0.5, 0.6) is 0 Å². The number of benzene rings is 1. The Hall–Kier alpha value is -2.08. The summed E-state index contributed by atoms with van der Waals surface area (Å²) >= 11 is 0. The van der Waals surface area contributed by atoms with Crippen LogP contribution in [0.3, 0.4) is 0 Å². The zero-order chi connectivity index (χ0) is 17.7. The van der Waals surface area contributed by atoms with Gasteiger partial charge in [0.05, 0.1) is 11.5 Å². The number of carbonyl (C=O) groups is 1. The number of hydrogen-bond donors (Lipinski definition) is 1. The van der Waals surface area contributed by atoms with Crippen LogP contribution in [-0.4, -0.2) is 32.4 Å². The third-order valence-electron chi connectivity index (χ3n) is 3.46. The molecule has 0 atom stereocenters. The van der Waals surface area contributed by atoms with Gasteiger partial charge in [0.15, 0.2) is 9.84 Å². The molecule has 0 radical (unpaired) electrons. The maximum atomic E-state index is 12.1. The normalized spacial score (nSPS) is 11.7. The number of amides is 1. The summed E-state index contributed by atoms with van der Waals surface area (Å²) in [6.45, 7) is 5.71. The van der Waals surface area contributed by atoms with E-state index in [2.05, 4.69) is 5.32 Å². The van der Waals surface area contributed by atoms with Gasteiger partial charge in [0.2, 0.25) is 0 Å². The minimum atomic E-state index is -3.13. The maximum absolute atomic E-state index is 12.1. The lowest BCUT2D eigenvalue weighted by molar-refractivity contribution is 0.0956. The molecule has 130 valence electrons. The van der Waals surface area contributed by atoms with Crippen molar-refractivity contribution in [2.45, 2.75) is 20.8 Å². The van der Waals surface area contributed by atoms with Gasteiger partial charge in [-0.15, -0.1) is 0 Å². The lowest BCUT2D eigenvalue weighted by atomic mass is 10.1. The molecule has 1 N–H and O–H groups in total. The Morgan fingerprint density at radius 1 is 1.12 bits per heavy atom. The molecule has 1 aromatic heterocycles. The summed E-state index contributed by atoms with van der Waals surface area (Å²) in [5, 5.41) is 2.65. The second-order valence-electron chi connectivity index (χ2n) is 6.25. The molecule has 1 aromatic carbocycles. The summed E-state index contributed by atoms with van der Waals surface area (Å²) in [6.07, 6.45) is 0. The van der Waals surface area contributed by atoms with E-state index in [1.807, 2.05) is 45.0 Å². The van der Waals surface area contributed by atoms with Gasteiger partial charge < -0.3 is 9.73 Å². The first-order valence-electron chi connectivity index (χ1n) is 7.92. The van der Waals surface area contributed by atoms with Crippen molar-refractivity contribution in [2.75, 3.05) is 18.1 Å². The summed E-state index contributed by atoms with van der Waals surface area (Å²) < 4.78 is 29.1. The fraction of sp³-hybridized carbons (Fsp3) is 0.389. The monoisotopic (exact) mass is 349 g/mol. The van der Waals surface area contributed by atoms with Crippen molar-refractivity contribution < 1.29 is 17.6 Å². The molecule has 0 saturated heterocycles. The molecule has 0 fully saturated rings. The van der Waals surface area contributed by atoms with Gasteiger partial charge in [-0.3, -0.25) is 4.79 Å². The van der Waals surface area contributed by atoms with Crippen LogP contribution in [0.1, 0.15) is 30.0 Å². The van der Waals surface area contributed by atoms with Gasteiger partial charge in [0.1, 0.15) is 11.5 Å². The maximum Gasteiger partial charge on any atom is 0.251 e. The zero-order valence-electron chi connectivity index (χ0n) is 14.2. The summed E-state index contributed by atoms with van der Waals surface area (Å²) in [6, 6.07) is 10.8. The molecule has 0 aliphatic heterocycles. The van der Waals surface area contributed by atoms with Gasteiger partial charge in [0.25, 0.3) is 5.91 Å². The summed E-state index contributed by atoms with van der Waals surface area (Å²) in [7, 11) is -3.13. The number of furan rings is 1. The Morgan fingerprint density at radius 2 is 1.79 bits per heavy atom. The van der Waals surface area contributed by atoms with Crippen LogP contribution in [-0.2, 0) is 9.84 Å². The van der Waals surface area contributed by atoms with Gasteiger partial charge in [-0.25, -0.2) is 8.42 Å². The highest BCUT2D eigenvalue weighted by Gasteiger charge is 2.14. The number of sulfone groups is 1. The fourth-order valence-electron chi connectivity index (χ4n) is 2.39. The van der Waals surface area contributed by atoms with Gasteiger partial charge in [-0.05, 0) is 37.1 Å². The molecule has 0 aliphatic rings. The van der Waals surface area contributed by atoms with Gasteiger partial charge in [0, 0.05) is 17.7 Å². The van der Waals surface area contributed by atoms with Crippen LogP contribution in [0, 0.1) is 12.8 Å². The molecule has 0 saturated carbocycles. The Bertz CT molecular complexity index is 789. The predicted octanol–water partition coefficient (Wildman–Crippen LogP) is 3.06. The zero-order valence-corrected chi connectivity index (χ0v) is 15.0. The van der Waals surface area contributed by atoms with Crippen LogP contribution in [0.15, 0.2) is 40.8 Å². The minimum absolute atomic E-state index is 0.0410. The highest BCUT2D eigenvalue weighted by atomic mass is 32.2. The summed E-state index contributed by atoms with van der Waals surface area (Å²) in [4.78, 5) is 12.1. The van der Waals surface area contributed by atoms with Gasteiger partial charge in [-0.1, -0.05) is 26.0 Å². The van der Waals surface area contributed by atoms with E-state index in [0.29, 0.717) is 5.56 Å². The lowest BCUT2D eigenvalue weighted by Gasteiger charge is -2.08. The molecule has 0 unspecified atom stereocenters. The first kappa shape index (κ1) is 18.3. The molecular formula is C18H23NO4S. The van der Waals surface area contributed by atoms with E-state index in [1.165, 1.54) is 0 Å². The van der Waals surface area contributed by atoms with Crippen LogP contribution in [0.25, 0.3) is 11.3 Å². The quantitative estimate of drug-likeness (QED) is 0.833. The average Bonchev–Trinajstić information content (AvgIpc) is 2.92. The van der Waals surface area contributed by atoms with Crippen molar-refractivity contribution in [3.8, 4) is 11.3 Å². The molecule has 0 spiro atoms. The highest BCUT2D eigenvalue weighted by Crippen LogP contribution is 2.22. The molecule has 2 aromatic rings. The van der Waals surface area contributed by atoms with Crippen molar-refractivity contribution in [2.24, 2.45) is 5.92 Å². The van der Waals surface area contributed by atoms with Gasteiger partial charge >= 0.3 is 0 Å². The first-order chi connectivity index (χ1) is 11.3. The number of carbonyl (C=O) groups excluding carboxylic acids is 1. The van der Waals surface area contributed by atoms with Gasteiger partial charge in [-0.2, -0.15) is 0 Å². The Labute approximate surface area is 143 Å². The number of rotatable bonds is 7. The van der Waals surface area contributed by atoms with Crippen molar-refractivity contribution in [1.29, 1.82) is 0 Å². The number of aryl methyl sites for hydroxylation is 1. The third-order valence-corrected chi connectivity index (χ3v) is 5.46. The molecule has 1 amide bonds. The molecule has 0 bridgehead atoms. The lowest BCUT2D eigenvalue weighted by Crippen LogP contribution is -2.30. The van der Waals surface area contributed by atoms with Crippen LogP contribution >= 0.6 is 0 Å². The summed E-state index contributed by atoms with van der Waals surface area (Å²) in [5.74, 6) is 1.48. The fourth-order valence-corrected chi connectivity index (χ4v) is 3.98. The second kappa shape index (κ2) is 7.66. The smallest absolute Gasteiger partial charge is 0.251 e. The average molecular weight is 349 g/mol. The van der Waals surface area contributed by atoms with E-state index in [-0.39, 0.29) is 29.9 Å². The molecule has 0 aliphatic carbocycles. The predicted molar refractivity (Wildman–Crippen MR) is 94.7 cm³/mol. The third kappa shape index (κ3) is 5.23. The van der Waals surface area contributed by atoms with Crippen LogP contribution < -0.4 is 5.32 Å². The van der Waals surface area contributed by atoms with E-state index >= 15 is 0 Å². The van der Waals surface area contributed by atoms with Crippen LogP contribution in [0.2, 0.25) is 0 Å². The SMILES string of the molecule is Cc1ccc(-c2ccc(C(=O)NCCS(=O)(=O)CC(C)C)cc2)o1. The molecule has 1 heterocycles. The molecule has 24 heavy (non-hydrogen) atoms. The number of nitrogens with one attached hydrogen (secondary N) is 1. The molecule has 5 nitrogen and oxygen atoms in total. The number of hydrogen-bond acceptors (Lipinski definition) is 4. The summed E-state index contributed by atoms with van der Waals surface area (Å²) in [5.41, 5.74) is 1.38.